The third kappa shape index (κ3) is 7.00. The molecule has 0 radical (unpaired) electrons. The van der Waals surface area contributed by atoms with Gasteiger partial charge in [-0.05, 0) is 57.9 Å². The summed E-state index contributed by atoms with van der Waals surface area (Å²) >= 11 is 6.28. The van der Waals surface area contributed by atoms with Crippen molar-refractivity contribution >= 4 is 40.9 Å². The van der Waals surface area contributed by atoms with Crippen molar-refractivity contribution in [1.29, 1.82) is 0 Å². The molecule has 0 saturated heterocycles. The van der Waals surface area contributed by atoms with Crippen LogP contribution in [-0.4, -0.2) is 29.6 Å². The second kappa shape index (κ2) is 10.3. The molecule has 0 bridgehead atoms. The van der Waals surface area contributed by atoms with Crippen LogP contribution in [0.2, 0.25) is 5.02 Å². The van der Waals surface area contributed by atoms with E-state index < -0.39 is 29.6 Å². The fourth-order valence-corrected chi connectivity index (χ4v) is 3.04. The van der Waals surface area contributed by atoms with Crippen molar-refractivity contribution in [3.8, 4) is 0 Å². The quantitative estimate of drug-likeness (QED) is 0.573. The van der Waals surface area contributed by atoms with Crippen LogP contribution in [0.15, 0.2) is 42.5 Å². The van der Waals surface area contributed by atoms with Crippen molar-refractivity contribution in [3.05, 3.63) is 58.6 Å². The average Bonchev–Trinajstić information content (AvgIpc) is 2.66. The van der Waals surface area contributed by atoms with E-state index in [0.717, 1.165) is 5.56 Å². The molecule has 0 aliphatic heterocycles. The first kappa shape index (κ1) is 24.2. The zero-order valence-electron chi connectivity index (χ0n) is 18.3. The highest BCUT2D eigenvalue weighted by Crippen LogP contribution is 2.26. The summed E-state index contributed by atoms with van der Waals surface area (Å²) in [6, 6.07) is 11.3. The van der Waals surface area contributed by atoms with Crippen LogP contribution in [0, 0.1) is 6.92 Å². The molecule has 0 unspecified atom stereocenters. The monoisotopic (exact) mass is 445 g/mol. The Hall–Kier alpha value is -3.06. The smallest absolute Gasteiger partial charge is 0.408 e. The van der Waals surface area contributed by atoms with E-state index in [1.54, 1.807) is 52.0 Å². The van der Waals surface area contributed by atoms with E-state index in [2.05, 4.69) is 16.0 Å². The van der Waals surface area contributed by atoms with Gasteiger partial charge in [0.1, 0.15) is 11.6 Å². The lowest BCUT2D eigenvalue weighted by molar-refractivity contribution is -0.118. The molecular weight excluding hydrogens is 418 g/mol. The predicted molar refractivity (Wildman–Crippen MR) is 123 cm³/mol. The topological polar surface area (TPSA) is 96.5 Å². The summed E-state index contributed by atoms with van der Waals surface area (Å²) in [7, 11) is 0. The summed E-state index contributed by atoms with van der Waals surface area (Å²) in [5, 5.41) is 8.25. The standard InChI is InChI=1S/C23H28ClN3O4/c1-6-16(27-22(30)31-23(3,4)5)20(28)26-18-13-9-11-15(24)19(18)21(29)25-17-12-8-7-10-14(17)2/h7-13,16H,6H2,1-5H3,(H,25,29)(H,26,28)(H,27,30)/t16-/m0/s1. The lowest BCUT2D eigenvalue weighted by Crippen LogP contribution is -2.45. The molecule has 2 rings (SSSR count). The molecular formula is C23H28ClN3O4. The van der Waals surface area contributed by atoms with Crippen molar-refractivity contribution in [3.63, 3.8) is 0 Å². The van der Waals surface area contributed by atoms with Gasteiger partial charge < -0.3 is 20.7 Å². The summed E-state index contributed by atoms with van der Waals surface area (Å²) in [6.07, 6.45) is -0.366. The number of rotatable bonds is 6. The van der Waals surface area contributed by atoms with Gasteiger partial charge in [-0.3, -0.25) is 9.59 Å². The normalized spacial score (nSPS) is 11.9. The first-order valence-electron chi connectivity index (χ1n) is 9.97. The summed E-state index contributed by atoms with van der Waals surface area (Å²) in [5.74, 6) is -0.941. The molecule has 3 N–H and O–H groups in total. The van der Waals surface area contributed by atoms with Crippen LogP contribution < -0.4 is 16.0 Å². The third-order valence-corrected chi connectivity index (χ3v) is 4.62. The molecule has 0 spiro atoms. The van der Waals surface area contributed by atoms with E-state index in [-0.39, 0.29) is 16.3 Å². The minimum atomic E-state index is -0.846. The molecule has 0 aliphatic rings. The van der Waals surface area contributed by atoms with Gasteiger partial charge in [0.05, 0.1) is 16.3 Å². The Labute approximate surface area is 187 Å². The number of carbonyl (C=O) groups is 3. The summed E-state index contributed by atoms with van der Waals surface area (Å²) in [6.45, 7) is 8.83. The largest absolute Gasteiger partial charge is 0.444 e. The lowest BCUT2D eigenvalue weighted by Gasteiger charge is -2.23. The number of anilines is 2. The number of nitrogens with one attached hydrogen (secondary N) is 3. The van der Waals surface area contributed by atoms with Crippen molar-refractivity contribution < 1.29 is 19.1 Å². The number of hydrogen-bond donors (Lipinski definition) is 3. The molecule has 0 aromatic heterocycles. The number of alkyl carbamates (subject to hydrolysis) is 1. The SMILES string of the molecule is CC[C@H](NC(=O)OC(C)(C)C)C(=O)Nc1cccc(Cl)c1C(=O)Nc1ccccc1C. The van der Waals surface area contributed by atoms with Crippen molar-refractivity contribution in [2.45, 2.75) is 52.7 Å². The first-order valence-corrected chi connectivity index (χ1v) is 10.4. The summed E-state index contributed by atoms with van der Waals surface area (Å²) in [4.78, 5) is 37.8. The number of para-hydroxylation sites is 1. The molecule has 2 aromatic carbocycles. The van der Waals surface area contributed by atoms with Gasteiger partial charge in [-0.15, -0.1) is 0 Å². The Morgan fingerprint density at radius 1 is 1.00 bits per heavy atom. The number of aryl methyl sites for hydroxylation is 1. The number of ether oxygens (including phenoxy) is 1. The summed E-state index contributed by atoms with van der Waals surface area (Å²) in [5.41, 5.74) is 1.22. The predicted octanol–water partition coefficient (Wildman–Crippen LogP) is 5.14. The van der Waals surface area contributed by atoms with Crippen LogP contribution in [0.3, 0.4) is 0 Å². The van der Waals surface area contributed by atoms with Crippen molar-refractivity contribution in [2.75, 3.05) is 10.6 Å². The van der Waals surface area contributed by atoms with Gasteiger partial charge in [0, 0.05) is 5.69 Å². The molecule has 3 amide bonds. The minimum Gasteiger partial charge on any atom is -0.444 e. The maximum atomic E-state index is 12.9. The van der Waals surface area contributed by atoms with E-state index in [9.17, 15) is 14.4 Å². The molecule has 166 valence electrons. The molecule has 0 fully saturated rings. The molecule has 0 saturated carbocycles. The maximum Gasteiger partial charge on any atom is 0.408 e. The average molecular weight is 446 g/mol. The highest BCUT2D eigenvalue weighted by Gasteiger charge is 2.25. The third-order valence-electron chi connectivity index (χ3n) is 4.31. The van der Waals surface area contributed by atoms with Crippen LogP contribution >= 0.6 is 11.6 Å². The van der Waals surface area contributed by atoms with Gasteiger partial charge in [0.25, 0.3) is 5.91 Å². The van der Waals surface area contributed by atoms with E-state index in [1.165, 1.54) is 0 Å². The fraction of sp³-hybridized carbons (Fsp3) is 0.348. The molecule has 2 aromatic rings. The van der Waals surface area contributed by atoms with Crippen LogP contribution in [0.25, 0.3) is 0 Å². The van der Waals surface area contributed by atoms with E-state index >= 15 is 0 Å². The Kier molecular flexibility index (Phi) is 8.05. The van der Waals surface area contributed by atoms with Gasteiger partial charge in [0.15, 0.2) is 0 Å². The van der Waals surface area contributed by atoms with Crippen molar-refractivity contribution in [2.24, 2.45) is 0 Å². The Morgan fingerprint density at radius 3 is 2.26 bits per heavy atom. The Bertz CT molecular complexity index is 970. The Morgan fingerprint density at radius 2 is 1.65 bits per heavy atom. The highest BCUT2D eigenvalue weighted by atomic mass is 35.5. The molecule has 8 heteroatoms. The summed E-state index contributed by atoms with van der Waals surface area (Å²) < 4.78 is 5.21. The number of amides is 3. The molecule has 7 nitrogen and oxygen atoms in total. The zero-order chi connectivity index (χ0) is 23.2. The van der Waals surface area contributed by atoms with E-state index in [0.29, 0.717) is 12.1 Å². The van der Waals surface area contributed by atoms with Crippen LogP contribution in [0.5, 0.6) is 0 Å². The number of halogens is 1. The number of carbonyl (C=O) groups excluding carboxylic acids is 3. The second-order valence-electron chi connectivity index (χ2n) is 8.03. The van der Waals surface area contributed by atoms with E-state index in [1.807, 2.05) is 25.1 Å². The Balaban J connectivity index is 2.20. The highest BCUT2D eigenvalue weighted by molar-refractivity contribution is 6.35. The number of benzene rings is 2. The van der Waals surface area contributed by atoms with Crippen LogP contribution in [0.4, 0.5) is 16.2 Å². The fourth-order valence-electron chi connectivity index (χ4n) is 2.78. The second-order valence-corrected chi connectivity index (χ2v) is 8.43. The van der Waals surface area contributed by atoms with E-state index in [4.69, 9.17) is 16.3 Å². The molecule has 0 heterocycles. The maximum absolute atomic E-state index is 12.9. The van der Waals surface area contributed by atoms with Crippen LogP contribution in [0.1, 0.15) is 50.0 Å². The molecule has 31 heavy (non-hydrogen) atoms. The van der Waals surface area contributed by atoms with Gasteiger partial charge in [-0.25, -0.2) is 4.79 Å². The molecule has 0 aliphatic carbocycles. The van der Waals surface area contributed by atoms with Gasteiger partial charge in [-0.1, -0.05) is 42.8 Å². The minimum absolute atomic E-state index is 0.132. The first-order chi connectivity index (χ1) is 14.5. The zero-order valence-corrected chi connectivity index (χ0v) is 19.1. The van der Waals surface area contributed by atoms with Gasteiger partial charge >= 0.3 is 6.09 Å². The van der Waals surface area contributed by atoms with Crippen molar-refractivity contribution in [1.82, 2.24) is 5.32 Å². The molecule has 1 atom stereocenters. The van der Waals surface area contributed by atoms with Crippen LogP contribution in [-0.2, 0) is 9.53 Å². The van der Waals surface area contributed by atoms with Gasteiger partial charge in [-0.2, -0.15) is 0 Å². The number of hydrogen-bond acceptors (Lipinski definition) is 4. The van der Waals surface area contributed by atoms with Gasteiger partial charge in [0.2, 0.25) is 5.91 Å². The lowest BCUT2D eigenvalue weighted by atomic mass is 10.1.